The lowest BCUT2D eigenvalue weighted by atomic mass is 9.78. The first-order valence-electron chi connectivity index (χ1n) is 7.78. The zero-order valence-electron chi connectivity index (χ0n) is 13.4. The van der Waals surface area contributed by atoms with E-state index in [4.69, 9.17) is 0 Å². The molecule has 0 unspecified atom stereocenters. The number of amides is 2. The lowest BCUT2D eigenvalue weighted by Gasteiger charge is -2.27. The number of carboxylic acid groups (broad SMARTS) is 1. The van der Waals surface area contributed by atoms with Crippen LogP contribution >= 0.6 is 0 Å². The van der Waals surface area contributed by atoms with Crippen LogP contribution in [0.1, 0.15) is 32.6 Å². The fourth-order valence-electron chi connectivity index (χ4n) is 2.93. The number of carboxylic acids is 1. The zero-order valence-corrected chi connectivity index (χ0v) is 13.4. The Morgan fingerprint density at radius 1 is 1.09 bits per heavy atom. The molecule has 1 aromatic carbocycles. The fourth-order valence-corrected chi connectivity index (χ4v) is 2.93. The van der Waals surface area contributed by atoms with Gasteiger partial charge in [0.2, 0.25) is 11.8 Å². The summed E-state index contributed by atoms with van der Waals surface area (Å²) >= 11 is 0. The second-order valence-electron chi connectivity index (χ2n) is 5.95. The van der Waals surface area contributed by atoms with Crippen molar-refractivity contribution in [3.05, 3.63) is 24.3 Å². The molecule has 1 fully saturated rings. The number of rotatable bonds is 4. The summed E-state index contributed by atoms with van der Waals surface area (Å²) in [6.07, 6.45) is 2.89. The molecule has 0 aliphatic heterocycles. The Morgan fingerprint density at radius 2 is 1.65 bits per heavy atom. The summed E-state index contributed by atoms with van der Waals surface area (Å²) < 4.78 is 0. The van der Waals surface area contributed by atoms with Gasteiger partial charge in [0.1, 0.15) is 0 Å². The molecule has 1 saturated carbocycles. The van der Waals surface area contributed by atoms with Crippen LogP contribution in [0.15, 0.2) is 24.3 Å². The van der Waals surface area contributed by atoms with E-state index in [-0.39, 0.29) is 11.8 Å². The smallest absolute Gasteiger partial charge is 0.307 e. The average Bonchev–Trinajstić information content (AvgIpc) is 2.54. The molecule has 1 aliphatic carbocycles. The van der Waals surface area contributed by atoms with Crippen molar-refractivity contribution in [1.82, 2.24) is 0 Å². The predicted molar refractivity (Wildman–Crippen MR) is 87.2 cm³/mol. The van der Waals surface area contributed by atoms with Crippen molar-refractivity contribution >= 4 is 29.2 Å². The Morgan fingerprint density at radius 3 is 2.17 bits per heavy atom. The maximum Gasteiger partial charge on any atom is 0.307 e. The number of carbonyl (C=O) groups is 3. The number of anilines is 2. The first kappa shape index (κ1) is 17.0. The van der Waals surface area contributed by atoms with Gasteiger partial charge in [0.25, 0.3) is 0 Å². The van der Waals surface area contributed by atoms with E-state index >= 15 is 0 Å². The van der Waals surface area contributed by atoms with Crippen LogP contribution in [0, 0.1) is 11.8 Å². The first-order valence-corrected chi connectivity index (χ1v) is 7.78. The van der Waals surface area contributed by atoms with Gasteiger partial charge in [0.05, 0.1) is 11.8 Å². The van der Waals surface area contributed by atoms with E-state index in [0.29, 0.717) is 18.5 Å². The molecule has 0 aromatic heterocycles. The lowest BCUT2D eigenvalue weighted by molar-refractivity contribution is -0.147. The summed E-state index contributed by atoms with van der Waals surface area (Å²) in [6, 6.07) is 6.91. The van der Waals surface area contributed by atoms with E-state index in [1.54, 1.807) is 31.3 Å². The molecule has 1 aromatic rings. The molecule has 2 atom stereocenters. The van der Waals surface area contributed by atoms with Crippen LogP contribution in [0.5, 0.6) is 0 Å². The minimum absolute atomic E-state index is 0.0757. The molecule has 2 rings (SSSR count). The van der Waals surface area contributed by atoms with E-state index in [9.17, 15) is 19.5 Å². The quantitative estimate of drug-likeness (QED) is 0.893. The highest BCUT2D eigenvalue weighted by molar-refractivity contribution is 5.96. The topological polar surface area (TPSA) is 86.7 Å². The Hall–Kier alpha value is -2.37. The third-order valence-corrected chi connectivity index (χ3v) is 4.41. The number of hydrogen-bond donors (Lipinski definition) is 2. The molecule has 0 spiro atoms. The number of hydrogen-bond acceptors (Lipinski definition) is 3. The van der Waals surface area contributed by atoms with Gasteiger partial charge in [-0.3, -0.25) is 14.4 Å². The number of nitrogens with zero attached hydrogens (tertiary/aromatic N) is 1. The highest BCUT2D eigenvalue weighted by atomic mass is 16.4. The van der Waals surface area contributed by atoms with E-state index in [0.717, 1.165) is 18.5 Å². The largest absolute Gasteiger partial charge is 0.481 e. The molecule has 2 N–H and O–H groups in total. The van der Waals surface area contributed by atoms with Gasteiger partial charge in [-0.25, -0.2) is 0 Å². The minimum atomic E-state index is -0.900. The van der Waals surface area contributed by atoms with Crippen molar-refractivity contribution in [1.29, 1.82) is 0 Å². The zero-order chi connectivity index (χ0) is 17.0. The number of aliphatic carboxylic acids is 1. The number of nitrogens with one attached hydrogen (secondary N) is 1. The van der Waals surface area contributed by atoms with Crippen LogP contribution in [0.3, 0.4) is 0 Å². The monoisotopic (exact) mass is 318 g/mol. The van der Waals surface area contributed by atoms with Gasteiger partial charge in [-0.05, 0) is 37.1 Å². The molecule has 6 nitrogen and oxygen atoms in total. The van der Waals surface area contributed by atoms with Crippen LogP contribution in [0.2, 0.25) is 0 Å². The summed E-state index contributed by atoms with van der Waals surface area (Å²) in [5.74, 6) is -2.31. The highest BCUT2D eigenvalue weighted by Crippen LogP contribution is 2.31. The molecule has 23 heavy (non-hydrogen) atoms. The normalized spacial score (nSPS) is 20.6. The van der Waals surface area contributed by atoms with E-state index < -0.39 is 17.8 Å². The second-order valence-corrected chi connectivity index (χ2v) is 5.95. The van der Waals surface area contributed by atoms with Gasteiger partial charge in [-0.15, -0.1) is 0 Å². The predicted octanol–water partition coefficient (Wildman–Crippen LogP) is 2.50. The molecular weight excluding hydrogens is 296 g/mol. The summed E-state index contributed by atoms with van der Waals surface area (Å²) in [5, 5.41) is 12.0. The average molecular weight is 318 g/mol. The van der Waals surface area contributed by atoms with Crippen molar-refractivity contribution in [3.8, 4) is 0 Å². The Labute approximate surface area is 135 Å². The van der Waals surface area contributed by atoms with Crippen LogP contribution in [0.25, 0.3) is 0 Å². The summed E-state index contributed by atoms with van der Waals surface area (Å²) in [5.41, 5.74) is 1.34. The minimum Gasteiger partial charge on any atom is -0.481 e. The van der Waals surface area contributed by atoms with Gasteiger partial charge in [-0.2, -0.15) is 0 Å². The van der Waals surface area contributed by atoms with Crippen molar-refractivity contribution in [2.24, 2.45) is 11.8 Å². The standard InChI is InChI=1S/C17H22N2O4/c1-11(20)19(2)13-9-7-12(8-10-13)18-16(21)14-5-3-4-6-15(14)17(22)23/h7-10,14-15H,3-6H2,1-2H3,(H,18,21)(H,22,23)/t14-,15-/m0/s1. The summed E-state index contributed by atoms with van der Waals surface area (Å²) in [4.78, 5) is 36.5. The molecule has 1 aliphatic rings. The molecule has 2 amide bonds. The maximum atomic E-state index is 12.4. The molecular formula is C17H22N2O4. The fraction of sp³-hybridized carbons (Fsp3) is 0.471. The summed E-state index contributed by atoms with van der Waals surface area (Å²) in [7, 11) is 1.68. The summed E-state index contributed by atoms with van der Waals surface area (Å²) in [6.45, 7) is 1.48. The Balaban J connectivity index is 2.04. The van der Waals surface area contributed by atoms with Crippen LogP contribution in [-0.4, -0.2) is 29.9 Å². The van der Waals surface area contributed by atoms with Gasteiger partial charge in [0, 0.05) is 25.3 Å². The molecule has 0 radical (unpaired) electrons. The molecule has 0 heterocycles. The van der Waals surface area contributed by atoms with Crippen molar-refractivity contribution in [3.63, 3.8) is 0 Å². The number of carbonyl (C=O) groups excluding carboxylic acids is 2. The van der Waals surface area contributed by atoms with Gasteiger partial charge >= 0.3 is 5.97 Å². The highest BCUT2D eigenvalue weighted by Gasteiger charge is 2.35. The Kier molecular flexibility index (Phi) is 5.36. The maximum absolute atomic E-state index is 12.4. The first-order chi connectivity index (χ1) is 10.9. The van der Waals surface area contributed by atoms with Gasteiger partial charge < -0.3 is 15.3 Å². The third-order valence-electron chi connectivity index (χ3n) is 4.41. The van der Waals surface area contributed by atoms with Gasteiger partial charge in [0.15, 0.2) is 0 Å². The second kappa shape index (κ2) is 7.26. The lowest BCUT2D eigenvalue weighted by Crippen LogP contribution is -2.36. The van der Waals surface area contributed by atoms with Gasteiger partial charge in [-0.1, -0.05) is 12.8 Å². The molecule has 0 bridgehead atoms. The van der Waals surface area contributed by atoms with Crippen molar-refractivity contribution < 1.29 is 19.5 Å². The Bertz CT molecular complexity index is 597. The molecule has 0 saturated heterocycles. The van der Waals surface area contributed by atoms with Crippen LogP contribution in [-0.2, 0) is 14.4 Å². The van der Waals surface area contributed by atoms with Crippen LogP contribution < -0.4 is 10.2 Å². The van der Waals surface area contributed by atoms with Crippen LogP contribution in [0.4, 0.5) is 11.4 Å². The van der Waals surface area contributed by atoms with Crippen molar-refractivity contribution in [2.75, 3.05) is 17.3 Å². The van der Waals surface area contributed by atoms with E-state index in [2.05, 4.69) is 5.32 Å². The van der Waals surface area contributed by atoms with E-state index in [1.165, 1.54) is 11.8 Å². The number of benzene rings is 1. The van der Waals surface area contributed by atoms with Crippen molar-refractivity contribution in [2.45, 2.75) is 32.6 Å². The SMILES string of the molecule is CC(=O)N(C)c1ccc(NC(=O)[C@H]2CCCC[C@@H]2C(=O)O)cc1. The molecule has 124 valence electrons. The van der Waals surface area contributed by atoms with E-state index in [1.807, 2.05) is 0 Å². The third kappa shape index (κ3) is 4.09. The molecule has 6 heteroatoms.